The van der Waals surface area contributed by atoms with E-state index in [9.17, 15) is 8.42 Å². The lowest BCUT2D eigenvalue weighted by atomic mass is 10.3. The van der Waals surface area contributed by atoms with E-state index in [2.05, 4.69) is 42.4 Å². The number of aromatic nitrogens is 1. The topological polar surface area (TPSA) is 98.7 Å². The van der Waals surface area contributed by atoms with Crippen LogP contribution in [-0.4, -0.2) is 58.6 Å². The Kier molecular flexibility index (Phi) is 6.83. The van der Waals surface area contributed by atoms with E-state index in [-0.39, 0.29) is 11.4 Å². The largest absolute Gasteiger partial charge is 0.369 e. The van der Waals surface area contributed by atoms with Crippen LogP contribution in [0.15, 0.2) is 64.7 Å². The fraction of sp³-hybridized carbons (Fsp3) is 0.368. The Bertz CT molecular complexity index is 874. The zero-order valence-electron chi connectivity index (χ0n) is 15.9. The van der Waals surface area contributed by atoms with Crippen molar-refractivity contribution < 1.29 is 8.42 Å². The van der Waals surface area contributed by atoms with Gasteiger partial charge in [0.25, 0.3) is 0 Å². The normalized spacial score (nSPS) is 17.5. The molecule has 0 saturated carbocycles. The number of aliphatic imine (C=N–C) groups is 1. The van der Waals surface area contributed by atoms with E-state index in [4.69, 9.17) is 0 Å². The average molecular weight is 403 g/mol. The highest BCUT2D eigenvalue weighted by atomic mass is 32.2. The molecule has 9 heteroatoms. The molecule has 1 aliphatic heterocycles. The highest BCUT2D eigenvalue weighted by molar-refractivity contribution is 7.89. The molecule has 150 valence electrons. The number of hydrogen-bond acceptors (Lipinski definition) is 5. The van der Waals surface area contributed by atoms with E-state index in [1.165, 1.54) is 24.1 Å². The van der Waals surface area contributed by atoms with Crippen LogP contribution >= 0.6 is 0 Å². The molecule has 0 aliphatic carbocycles. The first kappa shape index (κ1) is 20.1. The highest BCUT2D eigenvalue weighted by Gasteiger charge is 2.23. The van der Waals surface area contributed by atoms with Gasteiger partial charge in [0, 0.05) is 57.3 Å². The van der Waals surface area contributed by atoms with Crippen LogP contribution in [0, 0.1) is 0 Å². The van der Waals surface area contributed by atoms with Crippen molar-refractivity contribution in [2.45, 2.75) is 17.4 Å². The van der Waals surface area contributed by atoms with Crippen LogP contribution < -0.4 is 20.3 Å². The summed E-state index contributed by atoms with van der Waals surface area (Å²) in [6, 6.07) is 13.7. The van der Waals surface area contributed by atoms with Crippen molar-refractivity contribution >= 4 is 21.7 Å². The molecule has 1 saturated heterocycles. The molecule has 3 rings (SSSR count). The second-order valence-electron chi connectivity index (χ2n) is 6.50. The van der Waals surface area contributed by atoms with E-state index < -0.39 is 10.0 Å². The van der Waals surface area contributed by atoms with Crippen molar-refractivity contribution in [3.8, 4) is 0 Å². The molecule has 2 heterocycles. The monoisotopic (exact) mass is 402 g/mol. The summed E-state index contributed by atoms with van der Waals surface area (Å²) in [5.74, 6) is 0.667. The second-order valence-corrected chi connectivity index (χ2v) is 8.26. The van der Waals surface area contributed by atoms with Crippen molar-refractivity contribution in [1.82, 2.24) is 20.3 Å². The van der Waals surface area contributed by atoms with Gasteiger partial charge in [-0.2, -0.15) is 0 Å². The minimum absolute atomic E-state index is 0.157. The van der Waals surface area contributed by atoms with Crippen LogP contribution in [0.2, 0.25) is 0 Å². The molecular weight excluding hydrogens is 376 g/mol. The van der Waals surface area contributed by atoms with Crippen molar-refractivity contribution in [1.29, 1.82) is 0 Å². The van der Waals surface area contributed by atoms with Gasteiger partial charge < -0.3 is 15.5 Å². The number of sulfonamides is 1. The van der Waals surface area contributed by atoms with Crippen molar-refractivity contribution in [3.63, 3.8) is 0 Å². The standard InChI is InChI=1S/C19H26N6O2S/c1-20-19(22-11-12-23-28(26,27)18-8-5-10-21-14-18)24-16-9-13-25(15-16)17-6-3-2-4-7-17/h2-8,10,14,16,23H,9,11-13,15H2,1H3,(H2,20,22,24). The van der Waals surface area contributed by atoms with Crippen LogP contribution in [0.3, 0.4) is 0 Å². The van der Waals surface area contributed by atoms with Crippen LogP contribution in [0.4, 0.5) is 5.69 Å². The summed E-state index contributed by atoms with van der Waals surface area (Å²) in [6.07, 6.45) is 3.89. The van der Waals surface area contributed by atoms with Crippen LogP contribution in [-0.2, 0) is 10.0 Å². The molecule has 1 aromatic heterocycles. The van der Waals surface area contributed by atoms with Gasteiger partial charge >= 0.3 is 0 Å². The van der Waals surface area contributed by atoms with Gasteiger partial charge in [-0.3, -0.25) is 9.98 Å². The first-order valence-corrected chi connectivity index (χ1v) is 10.7. The highest BCUT2D eigenvalue weighted by Crippen LogP contribution is 2.19. The number of nitrogens with one attached hydrogen (secondary N) is 3. The molecule has 28 heavy (non-hydrogen) atoms. The predicted octanol–water partition coefficient (Wildman–Crippen LogP) is 0.804. The summed E-state index contributed by atoms with van der Waals surface area (Å²) in [5.41, 5.74) is 1.22. The maximum atomic E-state index is 12.2. The molecular formula is C19H26N6O2S. The van der Waals surface area contributed by atoms with E-state index >= 15 is 0 Å². The Hall–Kier alpha value is -2.65. The number of rotatable bonds is 7. The number of benzene rings is 1. The quantitative estimate of drug-likeness (QED) is 0.360. The zero-order valence-corrected chi connectivity index (χ0v) is 16.7. The molecule has 2 aromatic rings. The Labute approximate surface area is 166 Å². The van der Waals surface area contributed by atoms with E-state index in [1.807, 2.05) is 18.2 Å². The Morgan fingerprint density at radius 1 is 1.21 bits per heavy atom. The zero-order chi connectivity index (χ0) is 19.8. The van der Waals surface area contributed by atoms with Gasteiger partial charge in [-0.05, 0) is 30.7 Å². The lowest BCUT2D eigenvalue weighted by Crippen LogP contribution is -2.46. The van der Waals surface area contributed by atoms with Crippen LogP contribution in [0.5, 0.6) is 0 Å². The lowest BCUT2D eigenvalue weighted by Gasteiger charge is -2.20. The third-order valence-corrected chi connectivity index (χ3v) is 5.97. The van der Waals surface area contributed by atoms with E-state index in [0.717, 1.165) is 19.5 Å². The molecule has 1 atom stereocenters. The van der Waals surface area contributed by atoms with Crippen molar-refractivity contribution in [2.24, 2.45) is 4.99 Å². The predicted molar refractivity (Wildman–Crippen MR) is 111 cm³/mol. The minimum Gasteiger partial charge on any atom is -0.369 e. The van der Waals surface area contributed by atoms with Crippen LogP contribution in [0.1, 0.15) is 6.42 Å². The van der Waals surface area contributed by atoms with Crippen LogP contribution in [0.25, 0.3) is 0 Å². The van der Waals surface area contributed by atoms with Gasteiger partial charge in [0.05, 0.1) is 0 Å². The number of nitrogens with zero attached hydrogens (tertiary/aromatic N) is 3. The third kappa shape index (κ3) is 5.43. The van der Waals surface area contributed by atoms with Gasteiger partial charge in [-0.25, -0.2) is 13.1 Å². The number of pyridine rings is 1. The summed E-state index contributed by atoms with van der Waals surface area (Å²) in [7, 11) is -1.84. The van der Waals surface area contributed by atoms with Crippen molar-refractivity contribution in [2.75, 3.05) is 38.1 Å². The molecule has 1 aliphatic rings. The fourth-order valence-electron chi connectivity index (χ4n) is 3.10. The first-order valence-electron chi connectivity index (χ1n) is 9.25. The molecule has 8 nitrogen and oxygen atoms in total. The Morgan fingerprint density at radius 3 is 2.75 bits per heavy atom. The van der Waals surface area contributed by atoms with Gasteiger partial charge in [0.2, 0.25) is 10.0 Å². The average Bonchev–Trinajstić information content (AvgIpc) is 3.20. The summed E-state index contributed by atoms with van der Waals surface area (Å²) < 4.78 is 26.9. The Morgan fingerprint density at radius 2 is 2.04 bits per heavy atom. The second kappa shape index (κ2) is 9.52. The van der Waals surface area contributed by atoms with E-state index in [0.29, 0.717) is 18.5 Å². The molecule has 0 spiro atoms. The first-order chi connectivity index (χ1) is 13.6. The molecule has 0 amide bonds. The Balaban J connectivity index is 1.42. The molecule has 1 unspecified atom stereocenters. The molecule has 1 aromatic carbocycles. The van der Waals surface area contributed by atoms with Gasteiger partial charge in [-0.1, -0.05) is 18.2 Å². The maximum absolute atomic E-state index is 12.2. The number of hydrogen-bond donors (Lipinski definition) is 3. The van der Waals surface area contributed by atoms with Crippen molar-refractivity contribution in [3.05, 3.63) is 54.9 Å². The minimum atomic E-state index is -3.54. The summed E-state index contributed by atoms with van der Waals surface area (Å²) >= 11 is 0. The number of guanidine groups is 1. The summed E-state index contributed by atoms with van der Waals surface area (Å²) in [4.78, 5) is 10.6. The number of anilines is 1. The SMILES string of the molecule is CN=C(NCCNS(=O)(=O)c1cccnc1)NC1CCN(c2ccccc2)C1. The van der Waals surface area contributed by atoms with Gasteiger partial charge in [0.1, 0.15) is 4.90 Å². The fourth-order valence-corrected chi connectivity index (χ4v) is 4.09. The number of para-hydroxylation sites is 1. The lowest BCUT2D eigenvalue weighted by molar-refractivity contribution is 0.579. The van der Waals surface area contributed by atoms with E-state index in [1.54, 1.807) is 13.1 Å². The molecule has 0 bridgehead atoms. The molecule has 1 fully saturated rings. The smallest absolute Gasteiger partial charge is 0.242 e. The molecule has 0 radical (unpaired) electrons. The summed E-state index contributed by atoms with van der Waals surface area (Å²) in [5, 5.41) is 6.56. The third-order valence-electron chi connectivity index (χ3n) is 4.53. The van der Waals surface area contributed by atoms with Gasteiger partial charge in [0.15, 0.2) is 5.96 Å². The maximum Gasteiger partial charge on any atom is 0.242 e. The summed E-state index contributed by atoms with van der Waals surface area (Å²) in [6.45, 7) is 2.56. The van der Waals surface area contributed by atoms with Gasteiger partial charge in [-0.15, -0.1) is 0 Å². The molecule has 3 N–H and O–H groups in total.